The number of aliphatic hydroxyl groups excluding tert-OH is 1. The highest BCUT2D eigenvalue weighted by Crippen LogP contribution is 2.49. The fourth-order valence-corrected chi connectivity index (χ4v) is 3.59. The fraction of sp³-hybridized carbons (Fsp3) is 0.588. The van der Waals surface area contributed by atoms with Crippen LogP contribution < -0.4 is 5.73 Å². The van der Waals surface area contributed by atoms with Gasteiger partial charge in [0.05, 0.1) is 6.10 Å². The minimum atomic E-state index is -0.418. The van der Waals surface area contributed by atoms with Crippen LogP contribution in [0.3, 0.4) is 0 Å². The maximum absolute atomic E-state index is 11.4. The summed E-state index contributed by atoms with van der Waals surface area (Å²) in [6.07, 6.45) is 0.332. The molecular formula is C17H25NO2. The average molecular weight is 275 g/mol. The van der Waals surface area contributed by atoms with Gasteiger partial charge >= 0.3 is 0 Å². The Morgan fingerprint density at radius 2 is 1.95 bits per heavy atom. The molecule has 110 valence electrons. The van der Waals surface area contributed by atoms with Crippen LogP contribution in [0.1, 0.15) is 68.4 Å². The molecule has 1 aromatic rings. The first-order chi connectivity index (χ1) is 9.04. The van der Waals surface area contributed by atoms with E-state index in [0.29, 0.717) is 5.56 Å². The predicted molar refractivity (Wildman–Crippen MR) is 80.8 cm³/mol. The van der Waals surface area contributed by atoms with Gasteiger partial charge in [-0.3, -0.25) is 4.79 Å². The largest absolute Gasteiger partial charge is 0.392 e. The van der Waals surface area contributed by atoms with E-state index in [-0.39, 0.29) is 16.7 Å². The Hall–Kier alpha value is -1.35. The number of carbonyl (C=O) groups excluding carboxylic acids is 1. The molecule has 1 aliphatic carbocycles. The van der Waals surface area contributed by atoms with Gasteiger partial charge in [0.25, 0.3) is 0 Å². The first-order valence-corrected chi connectivity index (χ1v) is 7.16. The van der Waals surface area contributed by atoms with Crippen LogP contribution in [-0.4, -0.2) is 17.1 Å². The molecule has 3 nitrogen and oxygen atoms in total. The predicted octanol–water partition coefficient (Wildman–Crippen LogP) is 2.96. The first-order valence-electron chi connectivity index (χ1n) is 7.16. The summed E-state index contributed by atoms with van der Waals surface area (Å²) in [4.78, 5) is 11.4. The van der Waals surface area contributed by atoms with Crippen LogP contribution in [0.2, 0.25) is 0 Å². The van der Waals surface area contributed by atoms with Gasteiger partial charge in [0.2, 0.25) is 5.91 Å². The van der Waals surface area contributed by atoms with E-state index in [0.717, 1.165) is 12.0 Å². The monoisotopic (exact) mass is 275 g/mol. The molecule has 0 spiro atoms. The second kappa shape index (κ2) is 4.59. The molecule has 0 fully saturated rings. The first kappa shape index (κ1) is 15.0. The van der Waals surface area contributed by atoms with Gasteiger partial charge in [-0.15, -0.1) is 0 Å². The zero-order chi connectivity index (χ0) is 15.3. The maximum Gasteiger partial charge on any atom is 0.248 e. The van der Waals surface area contributed by atoms with E-state index in [9.17, 15) is 9.90 Å². The summed E-state index contributed by atoms with van der Waals surface area (Å²) in [5.74, 6) is -0.400. The van der Waals surface area contributed by atoms with Crippen LogP contribution in [0, 0.1) is 5.41 Å². The summed E-state index contributed by atoms with van der Waals surface area (Å²) in [5, 5.41) is 10.6. The van der Waals surface area contributed by atoms with Crippen molar-refractivity contribution in [1.82, 2.24) is 0 Å². The quantitative estimate of drug-likeness (QED) is 0.827. The van der Waals surface area contributed by atoms with E-state index in [1.165, 1.54) is 5.56 Å². The molecule has 0 aromatic heterocycles. The summed E-state index contributed by atoms with van der Waals surface area (Å²) in [5.41, 5.74) is 8.04. The van der Waals surface area contributed by atoms with Gasteiger partial charge in [-0.25, -0.2) is 0 Å². The zero-order valence-corrected chi connectivity index (χ0v) is 13.0. The molecule has 1 aromatic carbocycles. The lowest BCUT2D eigenvalue weighted by molar-refractivity contribution is 0.0529. The standard InChI is InChI=1S/C17H25NO2/c1-16(2,3)14-11-8-10(15(18)20)6-7-12(11)17(4,5)9-13(14)19/h6-8,13-14,19H,9H2,1-5H3,(H2,18,20). The van der Waals surface area contributed by atoms with Crippen molar-refractivity contribution >= 4 is 5.91 Å². The van der Waals surface area contributed by atoms with Crippen molar-refractivity contribution in [2.75, 3.05) is 0 Å². The summed E-state index contributed by atoms with van der Waals surface area (Å²) in [6.45, 7) is 10.6. The summed E-state index contributed by atoms with van der Waals surface area (Å²) >= 11 is 0. The van der Waals surface area contributed by atoms with E-state index in [1.54, 1.807) is 6.07 Å². The molecule has 2 rings (SSSR count). The Morgan fingerprint density at radius 1 is 1.35 bits per heavy atom. The topological polar surface area (TPSA) is 63.3 Å². The van der Waals surface area contributed by atoms with E-state index < -0.39 is 12.0 Å². The highest BCUT2D eigenvalue weighted by atomic mass is 16.3. The Kier molecular flexibility index (Phi) is 3.45. The number of fused-ring (bicyclic) bond motifs is 1. The van der Waals surface area contributed by atoms with Crippen molar-refractivity contribution in [2.24, 2.45) is 11.1 Å². The molecular weight excluding hydrogens is 250 g/mol. The van der Waals surface area contributed by atoms with Crippen LogP contribution >= 0.6 is 0 Å². The van der Waals surface area contributed by atoms with Crippen LogP contribution in [0.15, 0.2) is 18.2 Å². The summed E-state index contributed by atoms with van der Waals surface area (Å²) < 4.78 is 0. The molecule has 1 aliphatic rings. The van der Waals surface area contributed by atoms with Crippen molar-refractivity contribution in [3.8, 4) is 0 Å². The van der Waals surface area contributed by atoms with Crippen molar-refractivity contribution in [2.45, 2.75) is 58.5 Å². The molecule has 20 heavy (non-hydrogen) atoms. The number of rotatable bonds is 1. The molecule has 1 amide bonds. The van der Waals surface area contributed by atoms with E-state index in [2.05, 4.69) is 34.6 Å². The number of nitrogens with two attached hydrogens (primary N) is 1. The lowest BCUT2D eigenvalue weighted by Crippen LogP contribution is -2.41. The Bertz CT molecular complexity index is 540. The molecule has 0 aliphatic heterocycles. The number of aliphatic hydroxyl groups is 1. The van der Waals surface area contributed by atoms with Crippen molar-refractivity contribution in [3.63, 3.8) is 0 Å². The van der Waals surface area contributed by atoms with Gasteiger partial charge in [-0.2, -0.15) is 0 Å². The third-order valence-corrected chi connectivity index (χ3v) is 4.44. The fourth-order valence-electron chi connectivity index (χ4n) is 3.59. The van der Waals surface area contributed by atoms with Crippen molar-refractivity contribution in [3.05, 3.63) is 34.9 Å². The summed E-state index contributed by atoms with van der Waals surface area (Å²) in [6, 6.07) is 5.66. The van der Waals surface area contributed by atoms with Crippen molar-refractivity contribution in [1.29, 1.82) is 0 Å². The second-order valence-electron chi connectivity index (χ2n) is 7.67. The lowest BCUT2D eigenvalue weighted by atomic mass is 9.61. The summed E-state index contributed by atoms with van der Waals surface area (Å²) in [7, 11) is 0. The van der Waals surface area contributed by atoms with E-state index >= 15 is 0 Å². The van der Waals surface area contributed by atoms with E-state index in [4.69, 9.17) is 5.73 Å². The van der Waals surface area contributed by atoms with Crippen LogP contribution in [0.5, 0.6) is 0 Å². The van der Waals surface area contributed by atoms with Gasteiger partial charge < -0.3 is 10.8 Å². The number of benzene rings is 1. The van der Waals surface area contributed by atoms with Gasteiger partial charge in [-0.05, 0) is 40.5 Å². The number of hydrogen-bond acceptors (Lipinski definition) is 2. The smallest absolute Gasteiger partial charge is 0.248 e. The molecule has 2 unspecified atom stereocenters. The lowest BCUT2D eigenvalue weighted by Gasteiger charge is -2.45. The molecule has 0 heterocycles. The van der Waals surface area contributed by atoms with Crippen LogP contribution in [0.4, 0.5) is 0 Å². The molecule has 0 saturated carbocycles. The maximum atomic E-state index is 11.4. The molecule has 0 bridgehead atoms. The van der Waals surface area contributed by atoms with Gasteiger partial charge in [0.15, 0.2) is 0 Å². The molecule has 3 N–H and O–H groups in total. The third kappa shape index (κ3) is 2.47. The number of hydrogen-bond donors (Lipinski definition) is 2. The minimum absolute atomic E-state index is 0.0184. The highest BCUT2D eigenvalue weighted by molar-refractivity contribution is 5.93. The van der Waals surface area contributed by atoms with E-state index in [1.807, 2.05) is 12.1 Å². The molecule has 0 radical (unpaired) electrons. The molecule has 0 saturated heterocycles. The SMILES string of the molecule is CC1(C)CC(O)C(C(C)(C)C)c2cc(C(N)=O)ccc21. The van der Waals surface area contributed by atoms with Crippen molar-refractivity contribution < 1.29 is 9.90 Å². The second-order valence-corrected chi connectivity index (χ2v) is 7.67. The minimum Gasteiger partial charge on any atom is -0.392 e. The Balaban J connectivity index is 2.67. The zero-order valence-electron chi connectivity index (χ0n) is 13.0. The van der Waals surface area contributed by atoms with Gasteiger partial charge in [-0.1, -0.05) is 40.7 Å². The number of primary amides is 1. The number of amides is 1. The highest BCUT2D eigenvalue weighted by Gasteiger charge is 2.43. The van der Waals surface area contributed by atoms with Gasteiger partial charge in [0, 0.05) is 11.5 Å². The Labute approximate surface area is 121 Å². The van der Waals surface area contributed by atoms with Gasteiger partial charge in [0.1, 0.15) is 0 Å². The molecule has 3 heteroatoms. The third-order valence-electron chi connectivity index (χ3n) is 4.44. The molecule has 2 atom stereocenters. The number of carbonyl (C=O) groups is 1. The normalized spacial score (nSPS) is 25.1. The Morgan fingerprint density at radius 3 is 2.45 bits per heavy atom. The van der Waals surface area contributed by atoms with Crippen LogP contribution in [0.25, 0.3) is 0 Å². The van der Waals surface area contributed by atoms with Crippen LogP contribution in [-0.2, 0) is 5.41 Å². The average Bonchev–Trinajstić information content (AvgIpc) is 2.24.